The number of benzene rings is 1. The number of thiol groups is 1. The maximum absolute atomic E-state index is 11.6. The van der Waals surface area contributed by atoms with Gasteiger partial charge in [0.15, 0.2) is 6.79 Å². The van der Waals surface area contributed by atoms with Crippen LogP contribution in [-0.2, 0) is 15.2 Å². The van der Waals surface area contributed by atoms with Gasteiger partial charge >= 0.3 is 5.97 Å². The Labute approximate surface area is 105 Å². The zero-order valence-corrected chi connectivity index (χ0v) is 10.5. The molecule has 0 unspecified atom stereocenters. The topological polar surface area (TPSA) is 65.0 Å². The molecule has 0 radical (unpaired) electrons. The van der Waals surface area contributed by atoms with E-state index >= 15 is 0 Å². The Morgan fingerprint density at radius 1 is 1.41 bits per heavy atom. The number of hydrogen-bond acceptors (Lipinski definition) is 6. The third-order valence-electron chi connectivity index (χ3n) is 2.06. The van der Waals surface area contributed by atoms with E-state index in [0.717, 1.165) is 0 Å². The van der Waals surface area contributed by atoms with Gasteiger partial charge in [0.2, 0.25) is 0 Å². The highest BCUT2D eigenvalue weighted by Crippen LogP contribution is 2.30. The van der Waals surface area contributed by atoms with E-state index in [1.54, 1.807) is 0 Å². The minimum atomic E-state index is -0.542. The molecule has 0 amide bonds. The summed E-state index contributed by atoms with van der Waals surface area (Å²) in [7, 11) is 2.73. The molecule has 1 aromatic carbocycles. The third-order valence-corrected chi connectivity index (χ3v) is 2.40. The number of aromatic hydroxyl groups is 1. The number of hydrogen-bond donors (Lipinski definition) is 2. The van der Waals surface area contributed by atoms with Crippen LogP contribution in [0.4, 0.5) is 0 Å². The number of ether oxygens (including phenoxy) is 3. The van der Waals surface area contributed by atoms with E-state index in [4.69, 9.17) is 9.47 Å². The van der Waals surface area contributed by atoms with Crippen molar-refractivity contribution in [2.75, 3.05) is 21.0 Å². The van der Waals surface area contributed by atoms with Gasteiger partial charge in [0.05, 0.1) is 7.11 Å². The van der Waals surface area contributed by atoms with Crippen molar-refractivity contribution in [3.05, 3.63) is 23.3 Å². The highest BCUT2D eigenvalue weighted by molar-refractivity contribution is 7.79. The van der Waals surface area contributed by atoms with Crippen LogP contribution in [0.25, 0.3) is 0 Å². The van der Waals surface area contributed by atoms with Gasteiger partial charge in [0.25, 0.3) is 0 Å². The molecule has 5 nitrogen and oxygen atoms in total. The molecule has 6 heteroatoms. The van der Waals surface area contributed by atoms with Gasteiger partial charge in [-0.1, -0.05) is 0 Å². The molecule has 0 spiro atoms. The summed E-state index contributed by atoms with van der Waals surface area (Å²) in [5, 5.41) is 9.50. The van der Waals surface area contributed by atoms with Gasteiger partial charge in [0.1, 0.15) is 17.1 Å². The predicted molar refractivity (Wildman–Crippen MR) is 64.6 cm³/mol. The molecule has 94 valence electrons. The smallest absolute Gasteiger partial charge is 0.341 e. The first-order valence-corrected chi connectivity index (χ1v) is 5.44. The number of carbonyl (C=O) groups is 1. The van der Waals surface area contributed by atoms with E-state index in [1.165, 1.54) is 26.4 Å². The van der Waals surface area contributed by atoms with Crippen LogP contribution < -0.4 is 4.74 Å². The zero-order valence-electron chi connectivity index (χ0n) is 9.60. The van der Waals surface area contributed by atoms with Gasteiger partial charge in [0, 0.05) is 18.9 Å². The molecule has 0 fully saturated rings. The van der Waals surface area contributed by atoms with Gasteiger partial charge in [-0.3, -0.25) is 0 Å². The molecule has 0 heterocycles. The van der Waals surface area contributed by atoms with Crippen LogP contribution in [0.5, 0.6) is 11.5 Å². The maximum Gasteiger partial charge on any atom is 0.341 e. The average molecular weight is 258 g/mol. The molecule has 0 aliphatic heterocycles. The summed E-state index contributed by atoms with van der Waals surface area (Å²) in [5.41, 5.74) is 0.781. The highest BCUT2D eigenvalue weighted by Gasteiger charge is 2.19. The summed E-state index contributed by atoms with van der Waals surface area (Å²) in [4.78, 5) is 11.6. The Morgan fingerprint density at radius 3 is 2.65 bits per heavy atom. The first-order valence-electron chi connectivity index (χ1n) is 4.80. The number of esters is 1. The fourth-order valence-corrected chi connectivity index (χ4v) is 1.60. The summed E-state index contributed by atoms with van der Waals surface area (Å²) in [6.07, 6.45) is 0. The number of methoxy groups -OCH3 is 2. The molecule has 1 rings (SSSR count). The maximum atomic E-state index is 11.6. The lowest BCUT2D eigenvalue weighted by molar-refractivity contribution is 0.0463. The molecule has 0 saturated heterocycles. The second-order valence-electron chi connectivity index (χ2n) is 3.18. The molecule has 17 heavy (non-hydrogen) atoms. The van der Waals surface area contributed by atoms with Crippen LogP contribution in [0.1, 0.15) is 15.9 Å². The highest BCUT2D eigenvalue weighted by atomic mass is 32.1. The second-order valence-corrected chi connectivity index (χ2v) is 3.49. The molecule has 0 aliphatic carbocycles. The van der Waals surface area contributed by atoms with Crippen molar-refractivity contribution in [1.82, 2.24) is 0 Å². The van der Waals surface area contributed by atoms with Crippen LogP contribution in [0.2, 0.25) is 0 Å². The predicted octanol–water partition coefficient (Wildman–Crippen LogP) is 1.59. The van der Waals surface area contributed by atoms with Crippen molar-refractivity contribution in [3.63, 3.8) is 0 Å². The molecule has 0 atom stereocenters. The van der Waals surface area contributed by atoms with Crippen molar-refractivity contribution >= 4 is 18.6 Å². The average Bonchev–Trinajstić information content (AvgIpc) is 2.34. The first-order chi connectivity index (χ1) is 8.13. The summed E-state index contributed by atoms with van der Waals surface area (Å²) < 4.78 is 14.6. The molecular formula is C11H14O5S. The number of phenolic OH excluding ortho intramolecular Hbond substituents is 1. The molecule has 1 N–H and O–H groups in total. The standard InChI is InChI=1S/C11H14O5S/c1-14-6-16-9-4-8(12)3-7(5-17)10(9)11(13)15-2/h3-4,12,17H,5-6H2,1-2H3. The van der Waals surface area contributed by atoms with E-state index in [1.807, 2.05) is 0 Å². The molecule has 0 bridgehead atoms. The number of rotatable bonds is 5. The van der Waals surface area contributed by atoms with Crippen LogP contribution in [-0.4, -0.2) is 32.1 Å². The van der Waals surface area contributed by atoms with Gasteiger partial charge in [-0.15, -0.1) is 0 Å². The Balaban J connectivity index is 3.23. The molecule has 1 aromatic rings. The van der Waals surface area contributed by atoms with Crippen LogP contribution >= 0.6 is 12.6 Å². The summed E-state index contributed by atoms with van der Waals surface area (Å²) in [6.45, 7) is -0.0283. The Kier molecular flexibility index (Phi) is 5.11. The number of phenols is 1. The second kappa shape index (κ2) is 6.36. The van der Waals surface area contributed by atoms with E-state index in [0.29, 0.717) is 5.56 Å². The zero-order chi connectivity index (χ0) is 12.8. The van der Waals surface area contributed by atoms with Crippen LogP contribution in [0, 0.1) is 0 Å². The lowest BCUT2D eigenvalue weighted by atomic mass is 10.1. The van der Waals surface area contributed by atoms with Crippen molar-refractivity contribution in [1.29, 1.82) is 0 Å². The van der Waals surface area contributed by atoms with Gasteiger partial charge < -0.3 is 19.3 Å². The molecule has 0 aliphatic rings. The van der Waals surface area contributed by atoms with Crippen molar-refractivity contribution in [2.24, 2.45) is 0 Å². The SMILES string of the molecule is COCOc1cc(O)cc(CS)c1C(=O)OC. The van der Waals surface area contributed by atoms with Crippen molar-refractivity contribution in [2.45, 2.75) is 5.75 Å². The monoisotopic (exact) mass is 258 g/mol. The fraction of sp³-hybridized carbons (Fsp3) is 0.364. The molecule has 0 aromatic heterocycles. The van der Waals surface area contributed by atoms with E-state index in [9.17, 15) is 9.90 Å². The Bertz CT molecular complexity index is 405. The lowest BCUT2D eigenvalue weighted by Crippen LogP contribution is -2.10. The summed E-state index contributed by atoms with van der Waals surface area (Å²) >= 11 is 4.09. The van der Waals surface area contributed by atoms with E-state index in [-0.39, 0.29) is 29.6 Å². The van der Waals surface area contributed by atoms with Crippen molar-refractivity contribution in [3.8, 4) is 11.5 Å². The minimum absolute atomic E-state index is 0.00666. The van der Waals surface area contributed by atoms with Gasteiger partial charge in [-0.25, -0.2) is 4.79 Å². The van der Waals surface area contributed by atoms with Crippen LogP contribution in [0.15, 0.2) is 12.1 Å². The molecule has 0 saturated carbocycles. The van der Waals surface area contributed by atoms with E-state index < -0.39 is 5.97 Å². The normalized spacial score (nSPS) is 10.1. The number of carbonyl (C=O) groups excluding carboxylic acids is 1. The first kappa shape index (κ1) is 13.7. The Hall–Kier alpha value is -1.40. The lowest BCUT2D eigenvalue weighted by Gasteiger charge is -2.13. The van der Waals surface area contributed by atoms with Crippen LogP contribution in [0.3, 0.4) is 0 Å². The third kappa shape index (κ3) is 3.28. The molecular weight excluding hydrogens is 244 g/mol. The Morgan fingerprint density at radius 2 is 2.12 bits per heavy atom. The minimum Gasteiger partial charge on any atom is -0.508 e. The quantitative estimate of drug-likeness (QED) is 0.477. The van der Waals surface area contributed by atoms with Gasteiger partial charge in [-0.05, 0) is 11.6 Å². The summed E-state index contributed by atoms with van der Waals surface area (Å²) in [6, 6.07) is 2.77. The van der Waals surface area contributed by atoms with Crippen molar-refractivity contribution < 1.29 is 24.1 Å². The van der Waals surface area contributed by atoms with E-state index in [2.05, 4.69) is 17.4 Å². The largest absolute Gasteiger partial charge is 0.508 e. The fourth-order valence-electron chi connectivity index (χ4n) is 1.35. The van der Waals surface area contributed by atoms with Gasteiger partial charge in [-0.2, -0.15) is 12.6 Å². The summed E-state index contributed by atoms with van der Waals surface area (Å²) in [5.74, 6) is -0.0574.